The molecule has 0 bridgehead atoms. The van der Waals surface area contributed by atoms with Crippen molar-refractivity contribution in [2.24, 2.45) is 7.05 Å². The zero-order valence-electron chi connectivity index (χ0n) is 43.9. The van der Waals surface area contributed by atoms with Crippen molar-refractivity contribution in [3.8, 4) is 28.1 Å². The monoisotopic (exact) mass is 944 g/mol. The van der Waals surface area contributed by atoms with Gasteiger partial charge in [0.15, 0.2) is 6.20 Å². The number of furan rings is 1. The van der Waals surface area contributed by atoms with Gasteiger partial charge in [0, 0.05) is 65.9 Å². The maximum absolute atomic E-state index is 7.32. The summed E-state index contributed by atoms with van der Waals surface area (Å²) in [6.45, 7) is 30.5. The van der Waals surface area contributed by atoms with E-state index in [2.05, 4.69) is 239 Å². The fourth-order valence-electron chi connectivity index (χ4n) is 12.1. The minimum absolute atomic E-state index is 0.000172. The first-order valence-electron chi connectivity index (χ1n) is 25.6. The van der Waals surface area contributed by atoms with Crippen molar-refractivity contribution in [3.05, 3.63) is 155 Å². The van der Waals surface area contributed by atoms with E-state index in [0.29, 0.717) is 0 Å². The molecular weight excluding hydrogens is 882 g/mol. The standard InChI is InChI=1S/C65H63BN3OS/c1-36-21-24-44-43-19-17-18-42(60(43)70-61(44)56(36)51-20-15-16-27-67(51)14)37-28-52-57-53(29-37)69-50-26-23-39(63(5,6)7)34-54(50)71-55-35-41(65(11,12)13)33-48(59(55)69)66(57)47-32-40(64(8,9)10)31-46-45-30-38(62(2,3)4)22-25-49(45)68(52)58(46)47/h15-35H,1-14H3/q+1. The third kappa shape index (κ3) is 6.42. The van der Waals surface area contributed by atoms with Crippen molar-refractivity contribution >= 4 is 95.7 Å². The number of aromatic nitrogens is 2. The summed E-state index contributed by atoms with van der Waals surface area (Å²) in [5, 5.41) is 4.91. The molecule has 6 heterocycles. The molecule has 352 valence electrons. The summed E-state index contributed by atoms with van der Waals surface area (Å²) in [5.41, 5.74) is 24.6. The summed E-state index contributed by atoms with van der Waals surface area (Å²) < 4.78 is 12.2. The highest BCUT2D eigenvalue weighted by molar-refractivity contribution is 7.99. The molecular formula is C65H63BN3OS+. The lowest BCUT2D eigenvalue weighted by atomic mass is 9.33. The Kier molecular flexibility index (Phi) is 9.12. The molecule has 3 aliphatic heterocycles. The lowest BCUT2D eigenvalue weighted by Crippen LogP contribution is -2.61. The molecule has 3 aliphatic rings. The van der Waals surface area contributed by atoms with Crippen LogP contribution in [0.15, 0.2) is 142 Å². The normalized spacial score (nSPS) is 14.2. The molecule has 71 heavy (non-hydrogen) atoms. The van der Waals surface area contributed by atoms with Crippen LogP contribution in [0.25, 0.3) is 71.8 Å². The number of hydrogen-bond acceptors (Lipinski definition) is 3. The van der Waals surface area contributed by atoms with Gasteiger partial charge < -0.3 is 13.9 Å². The molecule has 0 saturated carbocycles. The van der Waals surface area contributed by atoms with Gasteiger partial charge in [-0.1, -0.05) is 149 Å². The lowest BCUT2D eigenvalue weighted by molar-refractivity contribution is -0.660. The number of anilines is 3. The van der Waals surface area contributed by atoms with Crippen LogP contribution in [0.2, 0.25) is 0 Å². The molecule has 0 aliphatic carbocycles. The summed E-state index contributed by atoms with van der Waals surface area (Å²) in [5.74, 6) is 0. The quantitative estimate of drug-likeness (QED) is 0.128. The number of fused-ring (bicyclic) bond motifs is 12. The van der Waals surface area contributed by atoms with Crippen LogP contribution in [0.3, 0.4) is 0 Å². The van der Waals surface area contributed by atoms with Crippen LogP contribution >= 0.6 is 11.8 Å². The number of para-hydroxylation sites is 1. The Balaban J connectivity index is 1.19. The zero-order valence-corrected chi connectivity index (χ0v) is 44.7. The molecule has 6 heteroatoms. The Bertz CT molecular complexity index is 3990. The van der Waals surface area contributed by atoms with Crippen LogP contribution in [0, 0.1) is 6.92 Å². The summed E-state index contributed by atoms with van der Waals surface area (Å²) >= 11 is 1.96. The van der Waals surface area contributed by atoms with Gasteiger partial charge in [0.25, 0.3) is 6.71 Å². The third-order valence-electron chi connectivity index (χ3n) is 16.1. The molecule has 0 radical (unpaired) electrons. The molecule has 10 aromatic rings. The average Bonchev–Trinajstić information content (AvgIpc) is 3.85. The van der Waals surface area contributed by atoms with Crippen molar-refractivity contribution < 1.29 is 8.98 Å². The van der Waals surface area contributed by atoms with Gasteiger partial charge in [-0.05, 0) is 133 Å². The molecule has 0 N–H and O–H groups in total. The molecule has 0 saturated heterocycles. The number of hydrogen-bond donors (Lipinski definition) is 0. The highest BCUT2D eigenvalue weighted by Crippen LogP contribution is 2.55. The number of aryl methyl sites for hydroxylation is 2. The van der Waals surface area contributed by atoms with Gasteiger partial charge in [-0.3, -0.25) is 0 Å². The molecule has 4 nitrogen and oxygen atoms in total. The number of rotatable bonds is 2. The minimum Gasteiger partial charge on any atom is -0.454 e. The first kappa shape index (κ1) is 44.4. The highest BCUT2D eigenvalue weighted by atomic mass is 32.2. The molecule has 0 atom stereocenters. The predicted octanol–water partition coefficient (Wildman–Crippen LogP) is 15.4. The predicted molar refractivity (Wildman–Crippen MR) is 303 cm³/mol. The molecule has 0 fully saturated rings. The van der Waals surface area contributed by atoms with Crippen LogP contribution in [-0.4, -0.2) is 11.3 Å². The van der Waals surface area contributed by atoms with E-state index in [4.69, 9.17) is 4.42 Å². The van der Waals surface area contributed by atoms with Crippen LogP contribution in [0.5, 0.6) is 0 Å². The maximum Gasteiger partial charge on any atom is 0.252 e. The van der Waals surface area contributed by atoms with E-state index in [9.17, 15) is 0 Å². The third-order valence-corrected chi connectivity index (χ3v) is 17.2. The molecule has 13 rings (SSSR count). The van der Waals surface area contributed by atoms with Crippen LogP contribution in [0.4, 0.5) is 17.1 Å². The average molecular weight is 945 g/mol. The first-order valence-corrected chi connectivity index (χ1v) is 26.4. The van der Waals surface area contributed by atoms with Gasteiger partial charge in [-0.2, -0.15) is 0 Å². The van der Waals surface area contributed by atoms with E-state index in [1.165, 1.54) is 98.6 Å². The van der Waals surface area contributed by atoms with Gasteiger partial charge >= 0.3 is 0 Å². The fourth-order valence-corrected chi connectivity index (χ4v) is 13.3. The molecule has 0 unspecified atom stereocenters. The van der Waals surface area contributed by atoms with Gasteiger partial charge in [0.05, 0.1) is 22.5 Å². The van der Waals surface area contributed by atoms with Crippen molar-refractivity contribution in [1.82, 2.24) is 4.57 Å². The molecule has 0 spiro atoms. The Morgan fingerprint density at radius 2 is 1.18 bits per heavy atom. The van der Waals surface area contributed by atoms with Crippen molar-refractivity contribution in [1.29, 1.82) is 0 Å². The Labute approximate surface area is 423 Å². The Morgan fingerprint density at radius 1 is 0.535 bits per heavy atom. The van der Waals surface area contributed by atoms with Crippen LogP contribution in [-0.2, 0) is 28.7 Å². The van der Waals surface area contributed by atoms with Gasteiger partial charge in [-0.25, -0.2) is 4.57 Å². The smallest absolute Gasteiger partial charge is 0.252 e. The van der Waals surface area contributed by atoms with Crippen molar-refractivity contribution in [3.63, 3.8) is 0 Å². The van der Waals surface area contributed by atoms with Crippen LogP contribution in [0.1, 0.15) is 111 Å². The Hall–Kier alpha value is -6.50. The maximum atomic E-state index is 7.32. The second kappa shape index (κ2) is 14.6. The van der Waals surface area contributed by atoms with Crippen molar-refractivity contribution in [2.45, 2.75) is 121 Å². The van der Waals surface area contributed by atoms with E-state index in [0.717, 1.165) is 44.3 Å². The number of pyridine rings is 1. The SMILES string of the molecule is Cc1ccc2c(oc3c(-c4cc5c6c(c4)-n4c7ccc(C(C)(C)C)cc7c7cc(C(C)(C)C)cc(c74)B6c4cc(C(C)(C)C)cc6c4N5c4ccc(C(C)(C)C)cc4S6)cccc32)c1-c1cccc[n+]1C. The van der Waals surface area contributed by atoms with E-state index in [-0.39, 0.29) is 28.4 Å². The zero-order chi connectivity index (χ0) is 49.6. The second-order valence-corrected chi connectivity index (χ2v) is 26.1. The Morgan fingerprint density at radius 3 is 1.92 bits per heavy atom. The topological polar surface area (TPSA) is 25.2 Å². The highest BCUT2D eigenvalue weighted by Gasteiger charge is 2.46. The van der Waals surface area contributed by atoms with E-state index >= 15 is 0 Å². The van der Waals surface area contributed by atoms with Crippen molar-refractivity contribution in [2.75, 3.05) is 4.90 Å². The van der Waals surface area contributed by atoms with Gasteiger partial charge in [0.2, 0.25) is 5.69 Å². The molecule has 3 aromatic heterocycles. The van der Waals surface area contributed by atoms with Gasteiger partial charge in [-0.15, -0.1) is 0 Å². The second-order valence-electron chi connectivity index (χ2n) is 25.0. The fraction of sp³-hybridized carbons (Fsp3) is 0.277. The summed E-state index contributed by atoms with van der Waals surface area (Å²) in [4.78, 5) is 5.28. The number of benzene rings is 7. The van der Waals surface area contributed by atoms with E-state index in [1.807, 2.05) is 11.8 Å². The van der Waals surface area contributed by atoms with E-state index < -0.39 is 0 Å². The largest absolute Gasteiger partial charge is 0.454 e. The lowest BCUT2D eigenvalue weighted by Gasteiger charge is -2.45. The van der Waals surface area contributed by atoms with E-state index in [1.54, 1.807) is 0 Å². The molecule has 7 aromatic carbocycles. The summed E-state index contributed by atoms with van der Waals surface area (Å²) in [7, 11) is 2.12. The summed E-state index contributed by atoms with van der Waals surface area (Å²) in [6.07, 6.45) is 2.12. The summed E-state index contributed by atoms with van der Waals surface area (Å²) in [6, 6.07) is 47.4. The van der Waals surface area contributed by atoms with Crippen LogP contribution < -0.4 is 25.9 Å². The number of nitrogens with zero attached hydrogens (tertiary/aromatic N) is 3. The first-order chi connectivity index (χ1) is 33.6. The minimum atomic E-state index is -0.0672. The molecule has 0 amide bonds. The van der Waals surface area contributed by atoms with Gasteiger partial charge in [0.1, 0.15) is 18.2 Å².